The second-order valence-corrected chi connectivity index (χ2v) is 20.5. The molecule has 0 amide bonds. The van der Waals surface area contributed by atoms with Gasteiger partial charge in [-0.2, -0.15) is 0 Å². The summed E-state index contributed by atoms with van der Waals surface area (Å²) < 4.78 is 2.92. The van der Waals surface area contributed by atoms with Crippen molar-refractivity contribution in [3.63, 3.8) is 0 Å². The molecule has 2 aromatic rings. The summed E-state index contributed by atoms with van der Waals surface area (Å²) in [5, 5.41) is 11.5. The highest BCUT2D eigenvalue weighted by Gasteiger charge is 2.47. The largest absolute Gasteiger partial charge is 0.385 e. The Bertz CT molecular complexity index is 844. The Balaban J connectivity index is 1.44. The van der Waals surface area contributed by atoms with Crippen LogP contribution in [-0.4, -0.2) is 43.8 Å². The molecule has 0 radical (unpaired) electrons. The lowest BCUT2D eigenvalue weighted by Gasteiger charge is -2.40. The van der Waals surface area contributed by atoms with Crippen LogP contribution in [0.4, 0.5) is 0 Å². The zero-order valence-electron chi connectivity index (χ0n) is 19.2. The summed E-state index contributed by atoms with van der Waals surface area (Å²) in [5.41, 5.74) is 3.18. The predicted octanol–water partition coefficient (Wildman–Crippen LogP) is 5.40. The molecule has 2 fully saturated rings. The first-order valence-corrected chi connectivity index (χ1v) is 17.8. The Morgan fingerprint density at radius 2 is 1.40 bits per heavy atom. The number of benzene rings is 2. The van der Waals surface area contributed by atoms with Gasteiger partial charge >= 0.3 is 0 Å². The summed E-state index contributed by atoms with van der Waals surface area (Å²) in [5.74, 6) is 0. The van der Waals surface area contributed by atoms with Crippen LogP contribution in [0, 0.1) is 0 Å². The second-order valence-electron chi connectivity index (χ2n) is 10.7. The van der Waals surface area contributed by atoms with Crippen molar-refractivity contribution in [3.05, 3.63) is 71.3 Å². The van der Waals surface area contributed by atoms with Crippen LogP contribution < -0.4 is 0 Å². The maximum atomic E-state index is 11.5. The summed E-state index contributed by atoms with van der Waals surface area (Å²) in [6, 6.07) is 22.4. The molecule has 162 valence electrons. The van der Waals surface area contributed by atoms with E-state index >= 15 is 0 Å². The van der Waals surface area contributed by atoms with Crippen molar-refractivity contribution >= 4 is 16.5 Å². The van der Waals surface area contributed by atoms with Crippen molar-refractivity contribution in [2.45, 2.75) is 69.8 Å². The third-order valence-corrected chi connectivity index (χ3v) is 17.9. The topological polar surface area (TPSA) is 26.7 Å². The summed E-state index contributed by atoms with van der Waals surface area (Å²) in [6.07, 6.45) is 1.63. The molecule has 2 heterocycles. The fourth-order valence-electron chi connectivity index (χ4n) is 5.48. The number of piperidine rings is 1. The molecular formula is C25H38N2OSi2. The van der Waals surface area contributed by atoms with E-state index in [9.17, 15) is 5.11 Å². The minimum atomic E-state index is -1.28. The van der Waals surface area contributed by atoms with Gasteiger partial charge < -0.3 is 9.34 Å². The van der Waals surface area contributed by atoms with E-state index in [-0.39, 0.29) is 0 Å². The molecule has 0 atom stereocenters. The molecule has 4 rings (SSSR count). The van der Waals surface area contributed by atoms with Crippen LogP contribution in [-0.2, 0) is 18.7 Å². The molecule has 0 spiro atoms. The van der Waals surface area contributed by atoms with Crippen LogP contribution in [0.15, 0.2) is 54.6 Å². The van der Waals surface area contributed by atoms with Gasteiger partial charge in [-0.15, -0.1) is 0 Å². The fraction of sp³-hybridized carbons (Fsp3) is 0.520. The Morgan fingerprint density at radius 1 is 0.800 bits per heavy atom. The van der Waals surface area contributed by atoms with Crippen LogP contribution in [0.25, 0.3) is 0 Å². The number of aliphatic hydroxyl groups is 1. The van der Waals surface area contributed by atoms with Crippen molar-refractivity contribution < 1.29 is 5.11 Å². The molecule has 30 heavy (non-hydrogen) atoms. The van der Waals surface area contributed by atoms with Gasteiger partial charge in [-0.25, -0.2) is 0 Å². The third kappa shape index (κ3) is 4.65. The molecule has 2 aromatic carbocycles. The molecule has 0 bridgehead atoms. The van der Waals surface area contributed by atoms with Gasteiger partial charge in [-0.3, -0.25) is 4.90 Å². The van der Waals surface area contributed by atoms with Gasteiger partial charge in [0.2, 0.25) is 0 Å². The second kappa shape index (κ2) is 8.36. The van der Waals surface area contributed by atoms with E-state index < -0.39 is 22.1 Å². The Morgan fingerprint density at radius 3 is 2.03 bits per heavy atom. The minimum absolute atomic E-state index is 0.686. The van der Waals surface area contributed by atoms with E-state index in [0.717, 1.165) is 44.6 Å². The smallest absolute Gasteiger partial charge is 0.115 e. The lowest BCUT2D eigenvalue weighted by Crippen LogP contribution is -2.54. The van der Waals surface area contributed by atoms with Crippen molar-refractivity contribution in [1.29, 1.82) is 0 Å². The Kier molecular flexibility index (Phi) is 6.12. The number of hydrogen-bond donors (Lipinski definition) is 1. The Labute approximate surface area is 184 Å². The molecule has 1 N–H and O–H groups in total. The highest BCUT2D eigenvalue weighted by Crippen LogP contribution is 2.39. The highest BCUT2D eigenvalue weighted by atomic mass is 28.4. The predicted molar refractivity (Wildman–Crippen MR) is 131 cm³/mol. The highest BCUT2D eigenvalue weighted by molar-refractivity contribution is 6.95. The number of hydrogen-bond acceptors (Lipinski definition) is 3. The molecule has 0 unspecified atom stereocenters. The van der Waals surface area contributed by atoms with Crippen molar-refractivity contribution in [3.8, 4) is 0 Å². The van der Waals surface area contributed by atoms with Crippen molar-refractivity contribution in [1.82, 2.24) is 9.13 Å². The van der Waals surface area contributed by atoms with Gasteiger partial charge in [-0.05, 0) is 41.6 Å². The minimum Gasteiger partial charge on any atom is -0.385 e. The van der Waals surface area contributed by atoms with Gasteiger partial charge in [-0.1, -0.05) is 80.8 Å². The van der Waals surface area contributed by atoms with Crippen molar-refractivity contribution in [2.24, 2.45) is 0 Å². The molecule has 0 aliphatic carbocycles. The van der Waals surface area contributed by atoms with Gasteiger partial charge in [0.1, 0.15) is 16.5 Å². The quantitative estimate of drug-likeness (QED) is 0.634. The average Bonchev–Trinajstić information content (AvgIpc) is 2.93. The monoisotopic (exact) mass is 438 g/mol. The molecule has 3 nitrogen and oxygen atoms in total. The maximum Gasteiger partial charge on any atom is 0.115 e. The first-order chi connectivity index (χ1) is 14.2. The molecule has 5 heteroatoms. The molecular weight excluding hydrogens is 400 g/mol. The average molecular weight is 439 g/mol. The van der Waals surface area contributed by atoms with Crippen LogP contribution in [0.5, 0.6) is 0 Å². The molecule has 2 saturated heterocycles. The lowest BCUT2D eigenvalue weighted by molar-refractivity contribution is -0.0278. The standard InChI is InChI=1S/C25H38N2OSi2/c1-29(2)17-18-30(3,4)27(29)21-23-11-8-12-24(19-23)25(28)13-15-26(16-14-25)20-22-9-6-5-7-10-22/h5-12,19,28H,13-18,20-21H2,1-4H3. The summed E-state index contributed by atoms with van der Waals surface area (Å²) in [6.45, 7) is 14.1. The van der Waals surface area contributed by atoms with E-state index in [4.69, 9.17) is 0 Å². The SMILES string of the molecule is C[Si]1(C)CC[Si](C)(C)N1Cc1cccc(C2(O)CCN(Cc3ccccc3)CC2)c1. The zero-order valence-corrected chi connectivity index (χ0v) is 21.2. The lowest BCUT2D eigenvalue weighted by atomic mass is 9.83. The molecule has 2 aliphatic heterocycles. The van der Waals surface area contributed by atoms with Gasteiger partial charge in [0.15, 0.2) is 0 Å². The maximum absolute atomic E-state index is 11.5. The van der Waals surface area contributed by atoms with E-state index in [1.54, 1.807) is 0 Å². The van der Waals surface area contributed by atoms with E-state index in [2.05, 4.69) is 89.9 Å². The van der Waals surface area contributed by atoms with E-state index in [1.807, 2.05) is 0 Å². The molecule has 0 aromatic heterocycles. The fourth-order valence-corrected chi connectivity index (χ4v) is 19.4. The first-order valence-electron chi connectivity index (χ1n) is 11.5. The normalized spacial score (nSPS) is 23.5. The van der Waals surface area contributed by atoms with Gasteiger partial charge in [0, 0.05) is 26.2 Å². The van der Waals surface area contributed by atoms with Gasteiger partial charge in [0.05, 0.1) is 5.60 Å². The third-order valence-electron chi connectivity index (χ3n) is 7.55. The Hall–Kier alpha value is -1.25. The van der Waals surface area contributed by atoms with Gasteiger partial charge in [0.25, 0.3) is 0 Å². The molecule has 2 aliphatic rings. The van der Waals surface area contributed by atoms with E-state index in [0.29, 0.717) is 0 Å². The van der Waals surface area contributed by atoms with Crippen LogP contribution in [0.1, 0.15) is 29.5 Å². The summed E-state index contributed by atoms with van der Waals surface area (Å²) in [4.78, 5) is 2.47. The van der Waals surface area contributed by atoms with Crippen LogP contribution in [0.3, 0.4) is 0 Å². The van der Waals surface area contributed by atoms with Crippen LogP contribution in [0.2, 0.25) is 38.3 Å². The first kappa shape index (κ1) is 22.0. The number of nitrogens with zero attached hydrogens (tertiary/aromatic N) is 2. The van der Waals surface area contributed by atoms with Crippen molar-refractivity contribution in [2.75, 3.05) is 13.1 Å². The number of likely N-dealkylation sites (tertiary alicyclic amines) is 1. The zero-order chi connectivity index (χ0) is 21.4. The molecule has 0 saturated carbocycles. The van der Waals surface area contributed by atoms with Crippen LogP contribution >= 0.6 is 0 Å². The summed E-state index contributed by atoms with van der Waals surface area (Å²) >= 11 is 0. The number of rotatable bonds is 5. The van der Waals surface area contributed by atoms with E-state index in [1.165, 1.54) is 23.2 Å². The summed E-state index contributed by atoms with van der Waals surface area (Å²) in [7, 11) is -2.57.